The van der Waals surface area contributed by atoms with Crippen LogP contribution < -0.4 is 10.1 Å². The molecule has 1 saturated carbocycles. The van der Waals surface area contributed by atoms with Crippen molar-refractivity contribution >= 4 is 38.4 Å². The van der Waals surface area contributed by atoms with Gasteiger partial charge in [0.25, 0.3) is 5.91 Å². The van der Waals surface area contributed by atoms with Crippen molar-refractivity contribution in [3.63, 3.8) is 0 Å². The largest absolute Gasteiger partial charge is 0.495 e. The number of hydrogen-bond acceptors (Lipinski definition) is 9. The highest BCUT2D eigenvalue weighted by atomic mass is 32.1. The molecule has 0 atom stereocenters. The lowest BCUT2D eigenvalue weighted by molar-refractivity contribution is 0.102. The maximum Gasteiger partial charge on any atom is 0.259 e. The molecule has 6 rings (SSSR count). The Morgan fingerprint density at radius 2 is 1.97 bits per heavy atom. The molecule has 11 heteroatoms. The number of aryl methyl sites for hydroxylation is 1. The number of nitrogens with one attached hydrogen (secondary N) is 1. The number of anilines is 1. The summed E-state index contributed by atoms with van der Waals surface area (Å²) < 4.78 is 7.50. The maximum atomic E-state index is 13.5. The minimum Gasteiger partial charge on any atom is -0.495 e. The fourth-order valence-corrected chi connectivity index (χ4v) is 5.75. The summed E-state index contributed by atoms with van der Waals surface area (Å²) in [5.74, 6) is 0.703. The van der Waals surface area contributed by atoms with Gasteiger partial charge in [-0.1, -0.05) is 11.3 Å². The highest BCUT2D eigenvalue weighted by Crippen LogP contribution is 2.37. The van der Waals surface area contributed by atoms with Crippen molar-refractivity contribution in [2.24, 2.45) is 5.92 Å². The number of rotatable bonds is 5. The fourth-order valence-electron chi connectivity index (χ4n) is 4.95. The second kappa shape index (κ2) is 9.79. The second-order valence-corrected chi connectivity index (χ2v) is 10.4. The number of carbonyl (C=O) groups excluding carboxylic acids is 1. The third-order valence-electron chi connectivity index (χ3n) is 7.00. The first-order chi connectivity index (χ1) is 18.5. The summed E-state index contributed by atoms with van der Waals surface area (Å²) in [6.45, 7) is 1.88. The van der Waals surface area contributed by atoms with Gasteiger partial charge in [-0.15, -0.1) is 0 Å². The van der Waals surface area contributed by atoms with Gasteiger partial charge < -0.3 is 9.14 Å². The first-order valence-corrected chi connectivity index (χ1v) is 13.1. The second-order valence-electron chi connectivity index (χ2n) is 9.43. The monoisotopic (exact) mass is 524 g/mol. The van der Waals surface area contributed by atoms with Gasteiger partial charge in [0.1, 0.15) is 5.75 Å². The molecule has 5 heterocycles. The van der Waals surface area contributed by atoms with E-state index in [1.165, 1.54) is 11.3 Å². The van der Waals surface area contributed by atoms with Crippen molar-refractivity contribution in [3.8, 4) is 22.9 Å². The van der Waals surface area contributed by atoms with E-state index >= 15 is 0 Å². The average molecular weight is 525 g/mol. The van der Waals surface area contributed by atoms with Crippen LogP contribution in [0.15, 0.2) is 43.2 Å². The molecule has 0 saturated heterocycles. The molecule has 1 aliphatic carbocycles. The van der Waals surface area contributed by atoms with Gasteiger partial charge in [0.2, 0.25) is 0 Å². The van der Waals surface area contributed by atoms with E-state index in [1.807, 2.05) is 29.7 Å². The number of carbonyl (C=O) groups is 1. The summed E-state index contributed by atoms with van der Waals surface area (Å²) in [5, 5.41) is 12.5. The van der Waals surface area contributed by atoms with E-state index in [4.69, 9.17) is 15.0 Å². The number of pyridine rings is 2. The molecule has 0 spiro atoms. The van der Waals surface area contributed by atoms with E-state index < -0.39 is 0 Å². The summed E-state index contributed by atoms with van der Waals surface area (Å²) in [6.07, 6.45) is 12.3. The molecule has 0 radical (unpaired) electrons. The zero-order valence-corrected chi connectivity index (χ0v) is 21.7. The van der Waals surface area contributed by atoms with Crippen LogP contribution in [0.5, 0.6) is 5.75 Å². The van der Waals surface area contributed by atoms with Gasteiger partial charge in [0.05, 0.1) is 54.9 Å². The van der Waals surface area contributed by atoms with E-state index in [9.17, 15) is 4.79 Å². The van der Waals surface area contributed by atoms with Crippen molar-refractivity contribution in [2.45, 2.75) is 38.5 Å². The third kappa shape index (κ3) is 4.43. The predicted molar refractivity (Wildman–Crippen MR) is 143 cm³/mol. The smallest absolute Gasteiger partial charge is 0.259 e. The van der Waals surface area contributed by atoms with Crippen LogP contribution in [-0.2, 0) is 0 Å². The number of amides is 1. The molecule has 1 fully saturated rings. The van der Waals surface area contributed by atoms with Crippen molar-refractivity contribution in [2.75, 3.05) is 12.4 Å². The van der Waals surface area contributed by atoms with Crippen LogP contribution in [0.1, 0.15) is 53.3 Å². The lowest BCUT2D eigenvalue weighted by Gasteiger charge is -2.23. The number of methoxy groups -OCH3 is 1. The minimum atomic E-state index is -0.336. The number of nitrogens with zero attached hydrogens (tertiary/aromatic N) is 7. The zero-order valence-electron chi connectivity index (χ0n) is 20.9. The molecule has 1 N–H and O–H groups in total. The molecular weight excluding hydrogens is 500 g/mol. The van der Waals surface area contributed by atoms with Crippen LogP contribution in [-0.4, -0.2) is 42.3 Å². The van der Waals surface area contributed by atoms with Gasteiger partial charge >= 0.3 is 0 Å². The minimum absolute atomic E-state index is 0.135. The first kappa shape index (κ1) is 23.9. The van der Waals surface area contributed by atoms with Crippen molar-refractivity contribution < 1.29 is 9.53 Å². The summed E-state index contributed by atoms with van der Waals surface area (Å²) in [4.78, 5) is 36.5. The normalized spacial score (nSPS) is 17.4. The molecule has 38 heavy (non-hydrogen) atoms. The van der Waals surface area contributed by atoms with Crippen molar-refractivity contribution in [1.82, 2.24) is 29.3 Å². The number of imidazole rings is 1. The van der Waals surface area contributed by atoms with E-state index in [1.54, 1.807) is 32.0 Å². The van der Waals surface area contributed by atoms with Gasteiger partial charge in [0, 0.05) is 34.9 Å². The molecule has 5 aromatic rings. The van der Waals surface area contributed by atoms with Gasteiger partial charge in [-0.25, -0.2) is 15.0 Å². The Morgan fingerprint density at radius 1 is 1.13 bits per heavy atom. The van der Waals surface area contributed by atoms with Crippen molar-refractivity contribution in [3.05, 3.63) is 60.2 Å². The lowest BCUT2D eigenvalue weighted by atomic mass is 9.81. The third-order valence-corrected chi connectivity index (χ3v) is 7.85. The molecule has 0 aromatic carbocycles. The van der Waals surface area contributed by atoms with E-state index in [0.717, 1.165) is 48.2 Å². The quantitative estimate of drug-likeness (QED) is 0.333. The summed E-state index contributed by atoms with van der Waals surface area (Å²) in [7, 11) is 1.60. The number of thiazole rings is 1. The van der Waals surface area contributed by atoms with Crippen LogP contribution >= 0.6 is 11.3 Å². The molecule has 1 amide bonds. The lowest BCUT2D eigenvalue weighted by Crippen LogP contribution is -2.14. The summed E-state index contributed by atoms with van der Waals surface area (Å²) >= 11 is 1.29. The number of hydrogen-bond donors (Lipinski definition) is 1. The van der Waals surface area contributed by atoms with Crippen LogP contribution in [0, 0.1) is 24.2 Å². The van der Waals surface area contributed by atoms with E-state index in [2.05, 4.69) is 31.3 Å². The van der Waals surface area contributed by atoms with Crippen LogP contribution in [0.25, 0.3) is 27.1 Å². The van der Waals surface area contributed by atoms with Gasteiger partial charge in [-0.05, 0) is 44.7 Å². The molecule has 0 bridgehead atoms. The van der Waals surface area contributed by atoms with Gasteiger partial charge in [-0.3, -0.25) is 15.1 Å². The van der Waals surface area contributed by atoms with Crippen LogP contribution in [0.4, 0.5) is 5.13 Å². The molecule has 5 aromatic heterocycles. The SMILES string of the molecule is COc1cn2cncc2cc1-c1cc(C)ncc1C(=O)Nc1nc2ncc(C3CCC(C#N)CC3)nc2s1. The highest BCUT2D eigenvalue weighted by molar-refractivity contribution is 7.21. The highest BCUT2D eigenvalue weighted by Gasteiger charge is 2.24. The van der Waals surface area contributed by atoms with Crippen LogP contribution in [0.3, 0.4) is 0 Å². The van der Waals surface area contributed by atoms with E-state index in [0.29, 0.717) is 38.4 Å². The molecule has 10 nitrogen and oxygen atoms in total. The summed E-state index contributed by atoms with van der Waals surface area (Å²) in [6, 6.07) is 6.18. The molecule has 190 valence electrons. The number of ether oxygens (including phenoxy) is 1. The number of fused-ring (bicyclic) bond motifs is 2. The molecule has 0 unspecified atom stereocenters. The molecule has 0 aliphatic heterocycles. The summed E-state index contributed by atoms with van der Waals surface area (Å²) in [5.41, 5.74) is 4.92. The topological polar surface area (TPSA) is 131 Å². The maximum absolute atomic E-state index is 13.5. The Bertz CT molecular complexity index is 1710. The van der Waals surface area contributed by atoms with Crippen LogP contribution in [0.2, 0.25) is 0 Å². The first-order valence-electron chi connectivity index (χ1n) is 12.3. The fraction of sp³-hybridized carbons (Fsp3) is 0.296. The standard InChI is InChI=1S/C27H24N8O2S/c1-15-7-19(20-8-18-10-29-14-35(18)13-23(20)37-2)21(11-30-15)25(36)34-27-33-24-26(38-27)32-22(12-31-24)17-5-3-16(9-28)4-6-17/h7-8,10-14,16-17H,3-6H2,1-2H3,(H,31,33,34,36). The Labute approximate surface area is 222 Å². The Morgan fingerprint density at radius 3 is 2.76 bits per heavy atom. The molecular formula is C27H24N8O2S. The average Bonchev–Trinajstić information content (AvgIpc) is 3.57. The Balaban J connectivity index is 1.29. The number of nitriles is 1. The Hall–Kier alpha value is -4.43. The van der Waals surface area contributed by atoms with Crippen molar-refractivity contribution in [1.29, 1.82) is 5.26 Å². The predicted octanol–water partition coefficient (Wildman–Crippen LogP) is 5.16. The van der Waals surface area contributed by atoms with Gasteiger partial charge in [-0.2, -0.15) is 10.2 Å². The Kier molecular flexibility index (Phi) is 6.17. The zero-order chi connectivity index (χ0) is 26.2. The number of aromatic nitrogens is 6. The van der Waals surface area contributed by atoms with Gasteiger partial charge in [0.15, 0.2) is 15.6 Å². The molecule has 1 aliphatic rings. The van der Waals surface area contributed by atoms with E-state index in [-0.39, 0.29) is 11.8 Å².